The maximum atomic E-state index is 12.6. The molecule has 2 rings (SSSR count). The van der Waals surface area contributed by atoms with Gasteiger partial charge >= 0.3 is 11.9 Å². The fourth-order valence-corrected chi connectivity index (χ4v) is 6.48. The van der Waals surface area contributed by atoms with Gasteiger partial charge in [-0.2, -0.15) is 0 Å². The Kier molecular flexibility index (Phi) is 10.7. The van der Waals surface area contributed by atoms with Crippen LogP contribution >= 0.6 is 0 Å². The summed E-state index contributed by atoms with van der Waals surface area (Å²) in [5.41, 5.74) is -0.807. The lowest BCUT2D eigenvalue weighted by molar-refractivity contribution is -0.171. The van der Waals surface area contributed by atoms with Gasteiger partial charge in [-0.15, -0.1) is 0 Å². The van der Waals surface area contributed by atoms with Crippen LogP contribution in [0.4, 0.5) is 0 Å². The van der Waals surface area contributed by atoms with Crippen LogP contribution in [0.15, 0.2) is 0 Å². The number of carbonyl (C=O) groups is 2. The van der Waals surface area contributed by atoms with E-state index in [4.69, 9.17) is 0 Å². The molecule has 0 aliphatic heterocycles. The van der Waals surface area contributed by atoms with E-state index < -0.39 is 23.3 Å². The molecule has 2 fully saturated rings. The molecule has 0 aromatic carbocycles. The van der Waals surface area contributed by atoms with Crippen molar-refractivity contribution in [3.63, 3.8) is 0 Å². The average molecular weight is 423 g/mol. The molecule has 30 heavy (non-hydrogen) atoms. The zero-order valence-electron chi connectivity index (χ0n) is 19.5. The molecular weight excluding hydrogens is 376 g/mol. The minimum atomic E-state index is -0.807. The van der Waals surface area contributed by atoms with E-state index in [-0.39, 0.29) is 11.8 Å². The molecule has 0 bridgehead atoms. The molecule has 4 heteroatoms. The van der Waals surface area contributed by atoms with E-state index in [1.54, 1.807) is 0 Å². The normalized spacial score (nSPS) is 28.0. The molecule has 174 valence electrons. The number of rotatable bonds is 13. The molecule has 0 amide bonds. The van der Waals surface area contributed by atoms with Gasteiger partial charge in [0.25, 0.3) is 0 Å². The Bertz CT molecular complexity index is 523. The number of carboxylic acid groups (broad SMARTS) is 2. The topological polar surface area (TPSA) is 74.6 Å². The summed E-state index contributed by atoms with van der Waals surface area (Å²) in [5, 5.41) is 20.3. The lowest BCUT2D eigenvalue weighted by Gasteiger charge is -2.50. The highest BCUT2D eigenvalue weighted by Gasteiger charge is 2.56. The molecule has 2 aliphatic rings. The minimum Gasteiger partial charge on any atom is -0.481 e. The molecular formula is C26H46O4. The van der Waals surface area contributed by atoms with Gasteiger partial charge < -0.3 is 10.2 Å². The first-order valence-electron chi connectivity index (χ1n) is 12.9. The molecule has 3 atom stereocenters. The van der Waals surface area contributed by atoms with Gasteiger partial charge in [0.2, 0.25) is 0 Å². The molecule has 2 N–H and O–H groups in total. The van der Waals surface area contributed by atoms with Gasteiger partial charge in [0.05, 0.1) is 11.3 Å². The number of unbranched alkanes of at least 4 members (excludes halogenated alkanes) is 6. The summed E-state index contributed by atoms with van der Waals surface area (Å²) in [7, 11) is 0. The van der Waals surface area contributed by atoms with Crippen molar-refractivity contribution in [2.45, 2.75) is 123 Å². The molecule has 2 aliphatic carbocycles. The lowest BCUT2D eigenvalue weighted by atomic mass is 9.52. The van der Waals surface area contributed by atoms with E-state index in [1.807, 2.05) is 0 Å². The second kappa shape index (κ2) is 12.7. The summed E-state index contributed by atoms with van der Waals surface area (Å²) in [6.45, 7) is 4.56. The number of carboxylic acids is 2. The predicted octanol–water partition coefficient (Wildman–Crippen LogP) is 7.31. The van der Waals surface area contributed by atoms with Crippen LogP contribution in [0, 0.1) is 29.1 Å². The molecule has 0 aromatic rings. The van der Waals surface area contributed by atoms with Gasteiger partial charge in [0.15, 0.2) is 0 Å². The van der Waals surface area contributed by atoms with Crippen molar-refractivity contribution in [2.75, 3.05) is 0 Å². The Morgan fingerprint density at radius 2 is 1.43 bits per heavy atom. The molecule has 0 radical (unpaired) electrons. The molecule has 0 spiro atoms. The van der Waals surface area contributed by atoms with Gasteiger partial charge in [-0.3, -0.25) is 9.59 Å². The highest BCUT2D eigenvalue weighted by molar-refractivity contribution is 5.78. The van der Waals surface area contributed by atoms with Crippen LogP contribution in [0.5, 0.6) is 0 Å². The van der Waals surface area contributed by atoms with Crippen LogP contribution in [0.1, 0.15) is 123 Å². The van der Waals surface area contributed by atoms with Crippen molar-refractivity contribution in [2.24, 2.45) is 29.1 Å². The van der Waals surface area contributed by atoms with Gasteiger partial charge in [-0.05, 0) is 49.9 Å². The fraction of sp³-hybridized carbons (Fsp3) is 0.923. The molecule has 3 unspecified atom stereocenters. The largest absolute Gasteiger partial charge is 0.481 e. The minimum absolute atomic E-state index is 0.164. The Hall–Kier alpha value is -1.06. The first kappa shape index (κ1) is 25.2. The van der Waals surface area contributed by atoms with Gasteiger partial charge in [-0.1, -0.05) is 90.9 Å². The Morgan fingerprint density at radius 1 is 0.833 bits per heavy atom. The van der Waals surface area contributed by atoms with Crippen LogP contribution in [0.25, 0.3) is 0 Å². The van der Waals surface area contributed by atoms with Crippen molar-refractivity contribution >= 4 is 11.9 Å². The summed E-state index contributed by atoms with van der Waals surface area (Å²) >= 11 is 0. The highest BCUT2D eigenvalue weighted by Crippen LogP contribution is 2.55. The summed E-state index contributed by atoms with van der Waals surface area (Å²) in [5.74, 6) is -1.21. The first-order valence-corrected chi connectivity index (χ1v) is 12.9. The smallest absolute Gasteiger partial charge is 0.310 e. The van der Waals surface area contributed by atoms with Crippen LogP contribution in [-0.4, -0.2) is 22.2 Å². The van der Waals surface area contributed by atoms with Gasteiger partial charge in [0, 0.05) is 0 Å². The second-order valence-electron chi connectivity index (χ2n) is 10.6. The molecule has 0 saturated heterocycles. The Labute approximate surface area is 184 Å². The van der Waals surface area contributed by atoms with Crippen molar-refractivity contribution in [3.8, 4) is 0 Å². The maximum absolute atomic E-state index is 12.6. The summed E-state index contributed by atoms with van der Waals surface area (Å²) < 4.78 is 0. The zero-order chi connectivity index (χ0) is 22.0. The predicted molar refractivity (Wildman–Crippen MR) is 122 cm³/mol. The van der Waals surface area contributed by atoms with Crippen molar-refractivity contribution < 1.29 is 19.8 Å². The maximum Gasteiger partial charge on any atom is 0.310 e. The van der Waals surface area contributed by atoms with E-state index in [0.29, 0.717) is 12.8 Å². The summed E-state index contributed by atoms with van der Waals surface area (Å²) in [4.78, 5) is 24.7. The van der Waals surface area contributed by atoms with Gasteiger partial charge in [-0.25, -0.2) is 0 Å². The van der Waals surface area contributed by atoms with Gasteiger partial charge in [0.1, 0.15) is 0 Å². The zero-order valence-corrected chi connectivity index (χ0v) is 19.5. The summed E-state index contributed by atoms with van der Waals surface area (Å²) in [6, 6.07) is 0. The standard InChI is InChI=1S/C26H46O4/c1-20(2)14-9-6-4-3-5-7-12-18-23-22(24(27)28)17-13-19-26(23,25(29)30)21-15-10-8-11-16-21/h20-23H,3-19H2,1-2H3,(H,27,28)(H,29,30). The third-order valence-corrected chi connectivity index (χ3v) is 8.10. The average Bonchev–Trinajstić information content (AvgIpc) is 2.72. The van der Waals surface area contributed by atoms with E-state index in [9.17, 15) is 19.8 Å². The van der Waals surface area contributed by atoms with E-state index in [2.05, 4.69) is 13.8 Å². The van der Waals surface area contributed by atoms with E-state index in [1.165, 1.54) is 44.9 Å². The summed E-state index contributed by atoms with van der Waals surface area (Å²) in [6.07, 6.45) is 17.9. The van der Waals surface area contributed by atoms with Crippen molar-refractivity contribution in [3.05, 3.63) is 0 Å². The monoisotopic (exact) mass is 422 g/mol. The molecule has 0 heterocycles. The van der Waals surface area contributed by atoms with Crippen molar-refractivity contribution in [1.29, 1.82) is 0 Å². The van der Waals surface area contributed by atoms with Crippen LogP contribution < -0.4 is 0 Å². The number of hydrogen-bond donors (Lipinski definition) is 2. The van der Waals surface area contributed by atoms with E-state index >= 15 is 0 Å². The first-order chi connectivity index (χ1) is 14.4. The second-order valence-corrected chi connectivity index (χ2v) is 10.6. The SMILES string of the molecule is CC(C)CCCCCCCCCC1C(C(=O)O)CCCC1(C(=O)O)C1CCCCC1. The fourth-order valence-electron chi connectivity index (χ4n) is 6.48. The quantitative estimate of drug-likeness (QED) is 0.305. The Balaban J connectivity index is 1.92. The van der Waals surface area contributed by atoms with Crippen molar-refractivity contribution in [1.82, 2.24) is 0 Å². The number of hydrogen-bond acceptors (Lipinski definition) is 2. The number of aliphatic carboxylic acids is 2. The highest BCUT2D eigenvalue weighted by atomic mass is 16.4. The van der Waals surface area contributed by atoms with Crippen LogP contribution in [-0.2, 0) is 9.59 Å². The lowest BCUT2D eigenvalue weighted by Crippen LogP contribution is -2.52. The molecule has 0 aromatic heterocycles. The molecule has 2 saturated carbocycles. The molecule has 4 nitrogen and oxygen atoms in total. The third kappa shape index (κ3) is 6.72. The Morgan fingerprint density at radius 3 is 2.00 bits per heavy atom. The third-order valence-electron chi connectivity index (χ3n) is 8.10. The van der Waals surface area contributed by atoms with Crippen LogP contribution in [0.3, 0.4) is 0 Å². The van der Waals surface area contributed by atoms with E-state index in [0.717, 1.165) is 57.3 Å². The van der Waals surface area contributed by atoms with Crippen LogP contribution in [0.2, 0.25) is 0 Å².